The van der Waals surface area contributed by atoms with E-state index >= 15 is 0 Å². The number of benzene rings is 1. The Labute approximate surface area is 126 Å². The third kappa shape index (κ3) is 6.25. The van der Waals surface area contributed by atoms with Gasteiger partial charge in [0.25, 0.3) is 0 Å². The van der Waals surface area contributed by atoms with Gasteiger partial charge in [0.05, 0.1) is 0 Å². The van der Waals surface area contributed by atoms with Crippen molar-refractivity contribution in [3.05, 3.63) is 48.0 Å². The summed E-state index contributed by atoms with van der Waals surface area (Å²) in [6.07, 6.45) is 0.384. The Morgan fingerprint density at radius 2 is 1.81 bits per heavy atom. The normalized spacial score (nSPS) is 12.4. The molecule has 0 saturated heterocycles. The minimum atomic E-state index is -0.726. The Kier molecular flexibility index (Phi) is 5.70. The van der Waals surface area contributed by atoms with Gasteiger partial charge in [0.1, 0.15) is 11.6 Å². The summed E-state index contributed by atoms with van der Waals surface area (Å²) >= 11 is 0. The molecule has 0 aliphatic heterocycles. The van der Waals surface area contributed by atoms with E-state index < -0.39 is 17.6 Å². The van der Waals surface area contributed by atoms with Crippen LogP contribution in [0.15, 0.2) is 42.5 Å². The van der Waals surface area contributed by atoms with Gasteiger partial charge in [0, 0.05) is 12.0 Å². The fourth-order valence-corrected chi connectivity index (χ4v) is 1.70. The third-order valence-corrected chi connectivity index (χ3v) is 2.67. The summed E-state index contributed by atoms with van der Waals surface area (Å²) in [6, 6.07) is 8.77. The first-order chi connectivity index (χ1) is 9.69. The Morgan fingerprint density at radius 3 is 2.29 bits per heavy atom. The summed E-state index contributed by atoms with van der Waals surface area (Å²) in [5.41, 5.74) is 0.715. The van der Waals surface area contributed by atoms with Crippen LogP contribution in [-0.4, -0.2) is 23.5 Å². The van der Waals surface area contributed by atoms with Crippen molar-refractivity contribution in [1.82, 2.24) is 5.32 Å². The molecule has 0 aromatic heterocycles. The first-order valence-electron chi connectivity index (χ1n) is 6.92. The van der Waals surface area contributed by atoms with Gasteiger partial charge in [-0.25, -0.2) is 4.79 Å². The predicted octanol–water partition coefficient (Wildman–Crippen LogP) is 2.63. The van der Waals surface area contributed by atoms with Gasteiger partial charge in [-0.15, -0.1) is 0 Å². The van der Waals surface area contributed by atoms with Crippen molar-refractivity contribution in [2.45, 2.75) is 45.8 Å². The largest absolute Gasteiger partial charge is 0.458 e. The zero-order valence-corrected chi connectivity index (χ0v) is 13.1. The van der Waals surface area contributed by atoms with E-state index in [1.54, 1.807) is 27.7 Å². The maximum Gasteiger partial charge on any atom is 0.329 e. The standard InChI is InChI=1S/C17H23NO3/c1-12(2)15(19)18-14(16(20)21-17(3,4)5)11-13-9-7-6-8-10-13/h6-10,14H,1,11H2,2-5H3,(H,18,19). The van der Waals surface area contributed by atoms with E-state index in [4.69, 9.17) is 4.74 Å². The van der Waals surface area contributed by atoms with Crippen molar-refractivity contribution in [1.29, 1.82) is 0 Å². The minimum absolute atomic E-state index is 0.346. The van der Waals surface area contributed by atoms with Crippen LogP contribution >= 0.6 is 0 Å². The van der Waals surface area contributed by atoms with Gasteiger partial charge in [0.15, 0.2) is 0 Å². The molecule has 0 saturated carbocycles. The second kappa shape index (κ2) is 7.07. The van der Waals surface area contributed by atoms with Gasteiger partial charge in [-0.1, -0.05) is 36.9 Å². The molecule has 114 valence electrons. The van der Waals surface area contributed by atoms with Crippen LogP contribution in [0.3, 0.4) is 0 Å². The Morgan fingerprint density at radius 1 is 1.24 bits per heavy atom. The number of esters is 1. The number of hydrogen-bond acceptors (Lipinski definition) is 3. The van der Waals surface area contributed by atoms with Crippen LogP contribution in [0.2, 0.25) is 0 Å². The molecular formula is C17H23NO3. The highest BCUT2D eigenvalue weighted by molar-refractivity contribution is 5.95. The van der Waals surface area contributed by atoms with Gasteiger partial charge in [0.2, 0.25) is 5.91 Å². The van der Waals surface area contributed by atoms with Gasteiger partial charge in [-0.3, -0.25) is 4.79 Å². The van der Waals surface area contributed by atoms with Crippen LogP contribution in [-0.2, 0) is 20.7 Å². The molecule has 1 atom stereocenters. The fraction of sp³-hybridized carbons (Fsp3) is 0.412. The van der Waals surface area contributed by atoms with Crippen LogP contribution in [0.1, 0.15) is 33.3 Å². The SMILES string of the molecule is C=C(C)C(=O)NC(Cc1ccccc1)C(=O)OC(C)(C)C. The van der Waals surface area contributed by atoms with Crippen molar-refractivity contribution >= 4 is 11.9 Å². The molecule has 21 heavy (non-hydrogen) atoms. The molecule has 1 rings (SSSR count). The van der Waals surface area contributed by atoms with Crippen molar-refractivity contribution < 1.29 is 14.3 Å². The van der Waals surface area contributed by atoms with Crippen molar-refractivity contribution in [2.24, 2.45) is 0 Å². The lowest BCUT2D eigenvalue weighted by Crippen LogP contribution is -2.45. The Balaban J connectivity index is 2.86. The highest BCUT2D eigenvalue weighted by Crippen LogP contribution is 2.12. The molecule has 0 fully saturated rings. The van der Waals surface area contributed by atoms with E-state index in [0.717, 1.165) is 5.56 Å². The molecule has 0 bridgehead atoms. The summed E-state index contributed by atoms with van der Waals surface area (Å²) in [5, 5.41) is 2.67. The summed E-state index contributed by atoms with van der Waals surface area (Å²) < 4.78 is 5.37. The number of ether oxygens (including phenoxy) is 1. The van der Waals surface area contributed by atoms with Crippen LogP contribution in [0.5, 0.6) is 0 Å². The molecule has 1 aromatic carbocycles. The molecule has 0 heterocycles. The first-order valence-corrected chi connectivity index (χ1v) is 6.92. The molecule has 1 unspecified atom stereocenters. The van der Waals surface area contributed by atoms with Crippen LogP contribution in [0, 0.1) is 0 Å². The molecule has 1 aromatic rings. The quantitative estimate of drug-likeness (QED) is 0.669. The van der Waals surface area contributed by atoms with E-state index in [-0.39, 0.29) is 5.91 Å². The van der Waals surface area contributed by atoms with Crippen molar-refractivity contribution in [2.75, 3.05) is 0 Å². The zero-order valence-electron chi connectivity index (χ0n) is 13.1. The number of nitrogens with one attached hydrogen (secondary N) is 1. The summed E-state index contributed by atoms with van der Waals surface area (Å²) in [4.78, 5) is 24.0. The molecule has 0 radical (unpaired) electrons. The number of hydrogen-bond donors (Lipinski definition) is 1. The highest BCUT2D eigenvalue weighted by Gasteiger charge is 2.26. The van der Waals surface area contributed by atoms with E-state index in [0.29, 0.717) is 12.0 Å². The summed E-state index contributed by atoms with van der Waals surface area (Å²) in [5.74, 6) is -0.789. The van der Waals surface area contributed by atoms with Gasteiger partial charge < -0.3 is 10.1 Å². The lowest BCUT2D eigenvalue weighted by Gasteiger charge is -2.24. The smallest absolute Gasteiger partial charge is 0.329 e. The lowest BCUT2D eigenvalue weighted by atomic mass is 10.1. The van der Waals surface area contributed by atoms with Crippen molar-refractivity contribution in [3.8, 4) is 0 Å². The third-order valence-electron chi connectivity index (χ3n) is 2.67. The molecule has 0 aliphatic carbocycles. The average molecular weight is 289 g/mol. The van der Waals surface area contributed by atoms with Crippen LogP contribution in [0.4, 0.5) is 0 Å². The maximum atomic E-state index is 12.3. The van der Waals surface area contributed by atoms with E-state index in [9.17, 15) is 9.59 Å². The minimum Gasteiger partial charge on any atom is -0.458 e. The van der Waals surface area contributed by atoms with Gasteiger partial charge >= 0.3 is 5.97 Å². The molecule has 1 N–H and O–H groups in total. The fourth-order valence-electron chi connectivity index (χ4n) is 1.70. The Bertz CT molecular complexity index is 515. The predicted molar refractivity (Wildman–Crippen MR) is 82.7 cm³/mol. The lowest BCUT2D eigenvalue weighted by molar-refractivity contribution is -0.158. The second-order valence-electron chi connectivity index (χ2n) is 6.03. The zero-order chi connectivity index (χ0) is 16.0. The number of carbonyl (C=O) groups excluding carboxylic acids is 2. The summed E-state index contributed by atoms with van der Waals surface area (Å²) in [6.45, 7) is 10.6. The molecule has 4 nitrogen and oxygen atoms in total. The number of carbonyl (C=O) groups is 2. The maximum absolute atomic E-state index is 12.3. The van der Waals surface area contributed by atoms with Crippen LogP contribution < -0.4 is 5.32 Å². The Hall–Kier alpha value is -2.10. The van der Waals surface area contributed by atoms with E-state index in [2.05, 4.69) is 11.9 Å². The van der Waals surface area contributed by atoms with Gasteiger partial charge in [-0.2, -0.15) is 0 Å². The van der Waals surface area contributed by atoms with Crippen LogP contribution in [0.25, 0.3) is 0 Å². The number of amides is 1. The molecule has 0 aliphatic rings. The molecular weight excluding hydrogens is 266 g/mol. The average Bonchev–Trinajstić information content (AvgIpc) is 2.36. The first kappa shape index (κ1) is 17.0. The van der Waals surface area contributed by atoms with E-state index in [1.807, 2.05) is 30.3 Å². The second-order valence-corrected chi connectivity index (χ2v) is 6.03. The summed E-state index contributed by atoms with van der Waals surface area (Å²) in [7, 11) is 0. The molecule has 4 heteroatoms. The molecule has 0 spiro atoms. The topological polar surface area (TPSA) is 55.4 Å². The monoisotopic (exact) mass is 289 g/mol. The van der Waals surface area contributed by atoms with Gasteiger partial charge in [-0.05, 0) is 33.3 Å². The number of rotatable bonds is 5. The highest BCUT2D eigenvalue weighted by atomic mass is 16.6. The molecule has 1 amide bonds. The van der Waals surface area contributed by atoms with E-state index in [1.165, 1.54) is 0 Å². The van der Waals surface area contributed by atoms with Crippen molar-refractivity contribution in [3.63, 3.8) is 0 Å².